The first-order valence-electron chi connectivity index (χ1n) is 18.9. The zero-order valence-electron chi connectivity index (χ0n) is 30.5. The van der Waals surface area contributed by atoms with Crippen LogP contribution < -0.4 is 4.90 Å². The topological polar surface area (TPSA) is 3.24 Å². The lowest BCUT2D eigenvalue weighted by Gasteiger charge is -2.28. The van der Waals surface area contributed by atoms with E-state index in [0.717, 1.165) is 17.1 Å². The Balaban J connectivity index is 1.07. The Morgan fingerprint density at radius 3 is 1.45 bits per heavy atom. The van der Waals surface area contributed by atoms with E-state index in [1.54, 1.807) is 0 Å². The van der Waals surface area contributed by atoms with Gasteiger partial charge in [-0.2, -0.15) is 0 Å². The standard InChI is InChI=1S/C52H39N/c1-51(2)46-29-21-32-12-8-10-16-39(32)47(46)45-26-20-35-31-38(23-28-42(35)50(45)51)53(36-14-6-5-7-15-36)37-22-27-41-34(30-37)19-25-44-43-24-18-33-13-9-11-17-40(33)48(43)52(3,4)49(41)44/h5-31H,1-4H3. The highest BCUT2D eigenvalue weighted by atomic mass is 15.1. The number of benzene rings is 9. The molecule has 0 atom stereocenters. The van der Waals surface area contributed by atoms with E-state index in [-0.39, 0.29) is 10.8 Å². The lowest BCUT2D eigenvalue weighted by Crippen LogP contribution is -2.16. The maximum absolute atomic E-state index is 2.42. The van der Waals surface area contributed by atoms with E-state index in [4.69, 9.17) is 0 Å². The van der Waals surface area contributed by atoms with Crippen LogP contribution in [0.15, 0.2) is 164 Å². The maximum Gasteiger partial charge on any atom is 0.0468 e. The number of para-hydroxylation sites is 1. The Morgan fingerprint density at radius 2 is 0.811 bits per heavy atom. The Bertz CT molecular complexity index is 3000. The van der Waals surface area contributed by atoms with Gasteiger partial charge in [0.15, 0.2) is 0 Å². The van der Waals surface area contributed by atoms with Crippen molar-refractivity contribution in [2.24, 2.45) is 0 Å². The van der Waals surface area contributed by atoms with Crippen molar-refractivity contribution >= 4 is 60.2 Å². The smallest absolute Gasteiger partial charge is 0.0468 e. The van der Waals surface area contributed by atoms with Gasteiger partial charge < -0.3 is 4.90 Å². The summed E-state index contributed by atoms with van der Waals surface area (Å²) in [6.07, 6.45) is 0. The second-order valence-electron chi connectivity index (χ2n) is 16.1. The SMILES string of the molecule is CC1(C)c2ccc3ccccc3c2-c2ccc3cc(N(c4ccccc4)c4ccc5c6c(ccc5c4)-c4ccc5ccccc5c4C6(C)C)ccc3c21. The second-order valence-corrected chi connectivity index (χ2v) is 16.1. The van der Waals surface area contributed by atoms with Gasteiger partial charge in [0, 0.05) is 27.9 Å². The van der Waals surface area contributed by atoms with Crippen LogP contribution in [0.4, 0.5) is 17.1 Å². The summed E-state index contributed by atoms with van der Waals surface area (Å²) in [5.41, 5.74) is 14.4. The zero-order chi connectivity index (χ0) is 35.6. The second kappa shape index (κ2) is 10.7. The number of anilines is 3. The third kappa shape index (κ3) is 4.14. The van der Waals surface area contributed by atoms with Crippen LogP contribution >= 0.6 is 0 Å². The molecule has 1 nitrogen and oxygen atoms in total. The van der Waals surface area contributed by atoms with Gasteiger partial charge in [0.2, 0.25) is 0 Å². The van der Waals surface area contributed by atoms with Gasteiger partial charge in [-0.3, -0.25) is 0 Å². The van der Waals surface area contributed by atoms with Crippen molar-refractivity contribution in [3.63, 3.8) is 0 Å². The van der Waals surface area contributed by atoms with E-state index in [9.17, 15) is 0 Å². The molecule has 0 amide bonds. The summed E-state index contributed by atoms with van der Waals surface area (Å²) in [4.78, 5) is 2.42. The van der Waals surface area contributed by atoms with Crippen LogP contribution in [0.5, 0.6) is 0 Å². The molecule has 0 unspecified atom stereocenters. The Hall–Kier alpha value is -6.18. The molecule has 9 aromatic rings. The van der Waals surface area contributed by atoms with Crippen LogP contribution in [-0.4, -0.2) is 0 Å². The van der Waals surface area contributed by atoms with Crippen LogP contribution in [-0.2, 0) is 10.8 Å². The molecule has 1 heteroatoms. The third-order valence-corrected chi connectivity index (χ3v) is 12.5. The van der Waals surface area contributed by atoms with E-state index in [2.05, 4.69) is 196 Å². The highest BCUT2D eigenvalue weighted by Gasteiger charge is 2.39. The minimum Gasteiger partial charge on any atom is -0.310 e. The molecule has 11 rings (SSSR count). The average molecular weight is 678 g/mol. The molecule has 0 saturated carbocycles. The van der Waals surface area contributed by atoms with Crippen molar-refractivity contribution in [1.82, 2.24) is 0 Å². The molecule has 0 aromatic heterocycles. The molecule has 9 aromatic carbocycles. The van der Waals surface area contributed by atoms with Crippen molar-refractivity contribution in [2.75, 3.05) is 4.90 Å². The number of hydrogen-bond donors (Lipinski definition) is 0. The maximum atomic E-state index is 2.42. The fourth-order valence-electron chi connectivity index (χ4n) is 10.2. The van der Waals surface area contributed by atoms with Gasteiger partial charge in [0.05, 0.1) is 0 Å². The molecular weight excluding hydrogens is 639 g/mol. The van der Waals surface area contributed by atoms with Crippen molar-refractivity contribution in [3.05, 3.63) is 186 Å². The summed E-state index contributed by atoms with van der Waals surface area (Å²) in [5.74, 6) is 0. The average Bonchev–Trinajstić information content (AvgIpc) is 3.58. The fourth-order valence-corrected chi connectivity index (χ4v) is 10.2. The van der Waals surface area contributed by atoms with Crippen LogP contribution in [0, 0.1) is 0 Å². The minimum absolute atomic E-state index is 0.104. The van der Waals surface area contributed by atoms with Gasteiger partial charge in [-0.25, -0.2) is 0 Å². The summed E-state index contributed by atoms with van der Waals surface area (Å²) in [6, 6.07) is 61.3. The van der Waals surface area contributed by atoms with Gasteiger partial charge in [0.1, 0.15) is 0 Å². The highest BCUT2D eigenvalue weighted by Crippen LogP contribution is 2.55. The van der Waals surface area contributed by atoms with Gasteiger partial charge >= 0.3 is 0 Å². The fraction of sp³-hybridized carbons (Fsp3) is 0.115. The Labute approximate surface area is 310 Å². The first-order chi connectivity index (χ1) is 25.8. The minimum atomic E-state index is -0.121. The quantitative estimate of drug-likeness (QED) is 0.180. The third-order valence-electron chi connectivity index (χ3n) is 12.5. The lowest BCUT2D eigenvalue weighted by atomic mass is 9.78. The molecule has 0 heterocycles. The van der Waals surface area contributed by atoms with E-state index in [1.807, 2.05) is 0 Å². The van der Waals surface area contributed by atoms with Gasteiger partial charge in [-0.15, -0.1) is 0 Å². The Morgan fingerprint density at radius 1 is 0.340 bits per heavy atom. The summed E-state index contributed by atoms with van der Waals surface area (Å²) < 4.78 is 0. The zero-order valence-corrected chi connectivity index (χ0v) is 30.5. The van der Waals surface area contributed by atoms with E-state index >= 15 is 0 Å². The molecule has 0 aliphatic heterocycles. The summed E-state index contributed by atoms with van der Waals surface area (Å²) in [7, 11) is 0. The van der Waals surface area contributed by atoms with Gasteiger partial charge in [-0.1, -0.05) is 155 Å². The first kappa shape index (κ1) is 30.4. The van der Waals surface area contributed by atoms with Gasteiger partial charge in [-0.05, 0) is 124 Å². The van der Waals surface area contributed by atoms with Crippen LogP contribution in [0.3, 0.4) is 0 Å². The predicted molar refractivity (Wildman–Crippen MR) is 226 cm³/mol. The molecule has 0 N–H and O–H groups in total. The molecule has 53 heavy (non-hydrogen) atoms. The molecule has 0 bridgehead atoms. The molecule has 252 valence electrons. The normalized spacial score (nSPS) is 14.7. The lowest BCUT2D eigenvalue weighted by molar-refractivity contribution is 0.667. The van der Waals surface area contributed by atoms with Crippen LogP contribution in [0.25, 0.3) is 65.3 Å². The van der Waals surface area contributed by atoms with E-state index in [1.165, 1.54) is 87.6 Å². The van der Waals surface area contributed by atoms with Crippen molar-refractivity contribution in [2.45, 2.75) is 38.5 Å². The first-order valence-corrected chi connectivity index (χ1v) is 18.9. The highest BCUT2D eigenvalue weighted by molar-refractivity contribution is 6.08. The number of hydrogen-bond acceptors (Lipinski definition) is 1. The molecule has 0 radical (unpaired) electrons. The van der Waals surface area contributed by atoms with Crippen molar-refractivity contribution in [3.8, 4) is 22.3 Å². The van der Waals surface area contributed by atoms with E-state index in [0.29, 0.717) is 0 Å². The van der Waals surface area contributed by atoms with Crippen LogP contribution in [0.1, 0.15) is 49.9 Å². The predicted octanol–water partition coefficient (Wildman–Crippen LogP) is 14.4. The number of rotatable bonds is 3. The molecule has 2 aliphatic rings. The largest absolute Gasteiger partial charge is 0.310 e. The van der Waals surface area contributed by atoms with Gasteiger partial charge in [0.25, 0.3) is 0 Å². The molecule has 2 aliphatic carbocycles. The molecule has 0 fully saturated rings. The van der Waals surface area contributed by atoms with Crippen molar-refractivity contribution < 1.29 is 0 Å². The summed E-state index contributed by atoms with van der Waals surface area (Å²) >= 11 is 0. The Kier molecular flexibility index (Phi) is 6.14. The molecule has 0 saturated heterocycles. The van der Waals surface area contributed by atoms with Crippen LogP contribution in [0.2, 0.25) is 0 Å². The summed E-state index contributed by atoms with van der Waals surface area (Å²) in [5, 5.41) is 10.5. The summed E-state index contributed by atoms with van der Waals surface area (Å²) in [6.45, 7) is 9.60. The molecule has 0 spiro atoms. The van der Waals surface area contributed by atoms with Crippen molar-refractivity contribution in [1.29, 1.82) is 0 Å². The van der Waals surface area contributed by atoms with E-state index < -0.39 is 0 Å². The number of fused-ring (bicyclic) bond motifs is 14. The monoisotopic (exact) mass is 677 g/mol. The number of nitrogens with zero attached hydrogens (tertiary/aromatic N) is 1. The molecular formula is C52H39N.